The number of benzene rings is 5. The van der Waals surface area contributed by atoms with E-state index in [-0.39, 0.29) is 31.9 Å². The van der Waals surface area contributed by atoms with Crippen LogP contribution in [0.2, 0.25) is 17.3 Å². The second kappa shape index (κ2) is 19.0. The molecular weight excluding hydrogens is 971 g/mol. The largest absolute Gasteiger partial charge is 0.557 e. The molecule has 0 bridgehead atoms. The molecule has 6 heteroatoms. The van der Waals surface area contributed by atoms with Crippen LogP contribution in [-0.2, 0) is 26.5 Å². The van der Waals surface area contributed by atoms with Crippen molar-refractivity contribution in [3.63, 3.8) is 0 Å². The van der Waals surface area contributed by atoms with Crippen LogP contribution in [0.15, 0.2) is 126 Å². The predicted molar refractivity (Wildman–Crippen MR) is 253 cm³/mol. The number of hydrogen-bond donors (Lipinski definition) is 0. The van der Waals surface area contributed by atoms with Gasteiger partial charge in [0.15, 0.2) is 0 Å². The SMILES string of the molecule is CC(C)Cc1cc(-c2[c-]cccc2)nc[c]1[Ge]([CH3])([CH3])[CH3].[2H]C(C)(C)c1ccc2o[c-]c(-c3nc4ccccc4n3-c3c(C(C)C)cc(-c4ccccc4)cc3C(C)C)c2c1.[Ir]. The van der Waals surface area contributed by atoms with E-state index < -0.39 is 19.2 Å². The molecule has 3 heterocycles. The van der Waals surface area contributed by atoms with Crippen molar-refractivity contribution in [2.24, 2.45) is 5.92 Å². The Morgan fingerprint density at radius 1 is 0.750 bits per heavy atom. The first kappa shape index (κ1) is 43.5. The van der Waals surface area contributed by atoms with Crippen molar-refractivity contribution in [3.8, 4) is 39.5 Å². The molecule has 0 amide bonds. The molecule has 0 aliphatic heterocycles. The Balaban J connectivity index is 0.000000250. The molecule has 0 unspecified atom stereocenters. The quantitative estimate of drug-likeness (QED) is 0.101. The van der Waals surface area contributed by atoms with Crippen molar-refractivity contribution in [1.29, 1.82) is 0 Å². The molecule has 0 N–H and O–H groups in total. The molecule has 8 rings (SSSR count). The summed E-state index contributed by atoms with van der Waals surface area (Å²) in [7, 11) is 0. The van der Waals surface area contributed by atoms with Gasteiger partial charge in [-0.05, 0) is 64.2 Å². The third kappa shape index (κ3) is 9.65. The van der Waals surface area contributed by atoms with E-state index in [1.807, 2.05) is 50.2 Å². The van der Waals surface area contributed by atoms with Crippen LogP contribution in [-0.4, -0.2) is 27.8 Å². The molecular formula is C54H59GeIrN3O-2. The van der Waals surface area contributed by atoms with Crippen molar-refractivity contribution in [2.75, 3.05) is 0 Å². The smallest absolute Gasteiger partial charge is 0.0774 e. The van der Waals surface area contributed by atoms with E-state index in [0.717, 1.165) is 56.6 Å². The van der Waals surface area contributed by atoms with Gasteiger partial charge >= 0.3 is 126 Å². The van der Waals surface area contributed by atoms with Gasteiger partial charge in [0.25, 0.3) is 0 Å². The van der Waals surface area contributed by atoms with Crippen molar-refractivity contribution < 1.29 is 25.9 Å². The van der Waals surface area contributed by atoms with Gasteiger partial charge < -0.3 is 8.98 Å². The average Bonchev–Trinajstić information content (AvgIpc) is 3.81. The molecule has 8 aromatic rings. The minimum absolute atomic E-state index is 0. The number of imidazole rings is 1. The van der Waals surface area contributed by atoms with E-state index in [2.05, 4.69) is 161 Å². The van der Waals surface area contributed by atoms with Gasteiger partial charge in [0.2, 0.25) is 0 Å². The topological polar surface area (TPSA) is 43.9 Å². The molecule has 60 heavy (non-hydrogen) atoms. The number of furan rings is 1. The van der Waals surface area contributed by atoms with Crippen LogP contribution in [0.25, 0.3) is 61.5 Å². The van der Waals surface area contributed by atoms with Crippen LogP contribution in [0.4, 0.5) is 0 Å². The molecule has 0 spiro atoms. The van der Waals surface area contributed by atoms with Gasteiger partial charge in [-0.3, -0.25) is 4.98 Å². The second-order valence-electron chi connectivity index (χ2n) is 18.1. The number of aromatic nitrogens is 3. The number of nitrogens with zero attached hydrogens (tertiary/aromatic N) is 3. The van der Waals surface area contributed by atoms with Crippen molar-refractivity contribution >= 4 is 39.7 Å². The summed E-state index contributed by atoms with van der Waals surface area (Å²) in [5.41, 5.74) is 14.3. The monoisotopic (exact) mass is 1030 g/mol. The summed E-state index contributed by atoms with van der Waals surface area (Å²) in [6.45, 7) is 17.4. The molecule has 3 aromatic heterocycles. The Labute approximate surface area is 376 Å². The maximum Gasteiger partial charge on any atom is 0.0774 e. The maximum absolute atomic E-state index is 8.62. The summed E-state index contributed by atoms with van der Waals surface area (Å²) in [6.07, 6.45) is 6.47. The number of para-hydroxylation sites is 2. The van der Waals surface area contributed by atoms with E-state index in [4.69, 9.17) is 15.8 Å². The van der Waals surface area contributed by atoms with Gasteiger partial charge in [-0.15, -0.1) is 0 Å². The van der Waals surface area contributed by atoms with Crippen LogP contribution in [0.5, 0.6) is 0 Å². The van der Waals surface area contributed by atoms with Crippen LogP contribution < -0.4 is 4.40 Å². The minimum atomic E-state index is -1.86. The number of pyridine rings is 1. The molecule has 0 aliphatic carbocycles. The van der Waals surface area contributed by atoms with E-state index in [1.165, 1.54) is 33.5 Å². The summed E-state index contributed by atoms with van der Waals surface area (Å²) in [6, 6.07) is 43.3. The number of fused-ring (bicyclic) bond motifs is 2. The fraction of sp³-hybridized carbons (Fsp3) is 0.296. The summed E-state index contributed by atoms with van der Waals surface area (Å²) >= 11 is -1.86. The first-order valence-corrected chi connectivity index (χ1v) is 28.5. The fourth-order valence-corrected chi connectivity index (χ4v) is 11.3. The maximum atomic E-state index is 8.62. The zero-order chi connectivity index (χ0) is 42.9. The first-order chi connectivity index (χ1) is 28.5. The van der Waals surface area contributed by atoms with Gasteiger partial charge in [0.05, 0.1) is 16.9 Å². The molecule has 4 nitrogen and oxygen atoms in total. The third-order valence-electron chi connectivity index (χ3n) is 11.0. The van der Waals surface area contributed by atoms with Crippen molar-refractivity contribution in [2.45, 2.75) is 96.8 Å². The Bertz CT molecular complexity index is 2710. The molecule has 1 radical (unpaired) electrons. The van der Waals surface area contributed by atoms with Crippen LogP contribution in [0.3, 0.4) is 0 Å². The van der Waals surface area contributed by atoms with Gasteiger partial charge in [0.1, 0.15) is 0 Å². The average molecular weight is 1030 g/mol. The number of rotatable bonds is 10. The zero-order valence-corrected chi connectivity index (χ0v) is 41.6. The van der Waals surface area contributed by atoms with E-state index in [1.54, 1.807) is 4.40 Å². The zero-order valence-electron chi connectivity index (χ0n) is 38.1. The first-order valence-electron chi connectivity index (χ1n) is 21.6. The Hall–Kier alpha value is -4.55. The molecule has 0 atom stereocenters. The van der Waals surface area contributed by atoms with Gasteiger partial charge in [-0.25, -0.2) is 0 Å². The van der Waals surface area contributed by atoms with Crippen molar-refractivity contribution in [1.82, 2.24) is 14.5 Å². The van der Waals surface area contributed by atoms with Crippen LogP contribution >= 0.6 is 0 Å². The predicted octanol–water partition coefficient (Wildman–Crippen LogP) is 14.6. The molecule has 0 saturated carbocycles. The normalized spacial score (nSPS) is 12.2. The molecule has 311 valence electrons. The van der Waals surface area contributed by atoms with E-state index >= 15 is 0 Å². The Kier molecular flexibility index (Phi) is 13.8. The van der Waals surface area contributed by atoms with Crippen LogP contribution in [0.1, 0.15) is 96.7 Å². The van der Waals surface area contributed by atoms with Crippen LogP contribution in [0, 0.1) is 18.2 Å². The van der Waals surface area contributed by atoms with E-state index in [9.17, 15) is 0 Å². The summed E-state index contributed by atoms with van der Waals surface area (Å²) < 4.78 is 18.4. The standard InChI is InChI=1S/C36H35N2O.C18H24GeN.Ir/c1-22(2)26-16-17-34-30(18-26)31(21-39-34)36-37-32-14-10-11-15-33(32)38(36)35-28(23(3)4)19-27(20-29(35)24(5)6)25-12-8-7-9-13-25;1-14(2)11-16-12-18(15-9-7-6-8-10-15)20-13-17(16)19(3,4)5;/h7-20,22-24H,1-6H3;6-9,12-14H,11H2,1-5H3;/q2*-1;/i22D;;. The Morgan fingerprint density at radius 2 is 1.42 bits per heavy atom. The minimum Gasteiger partial charge on any atom is -0.557 e. The summed E-state index contributed by atoms with van der Waals surface area (Å²) in [5.74, 6) is 8.63. The fourth-order valence-electron chi connectivity index (χ4n) is 7.97. The molecule has 0 saturated heterocycles. The van der Waals surface area contributed by atoms with Gasteiger partial charge in [-0.1, -0.05) is 119 Å². The van der Waals surface area contributed by atoms with Gasteiger partial charge in [-0.2, -0.15) is 0 Å². The number of hydrogen-bond acceptors (Lipinski definition) is 3. The third-order valence-corrected chi connectivity index (χ3v) is 15.4. The van der Waals surface area contributed by atoms with E-state index in [0.29, 0.717) is 5.92 Å². The van der Waals surface area contributed by atoms with Crippen molar-refractivity contribution in [3.05, 3.63) is 156 Å². The molecule has 5 aromatic carbocycles. The molecule has 0 aliphatic rings. The summed E-state index contributed by atoms with van der Waals surface area (Å²) in [4.78, 5) is 9.88. The second-order valence-corrected chi connectivity index (χ2v) is 28.7. The molecule has 0 fully saturated rings. The Morgan fingerprint density at radius 3 is 2.03 bits per heavy atom. The summed E-state index contributed by atoms with van der Waals surface area (Å²) in [5, 5.41) is 0.924. The van der Waals surface area contributed by atoms with Gasteiger partial charge in [0, 0.05) is 39.0 Å².